The van der Waals surface area contributed by atoms with Gasteiger partial charge in [-0.25, -0.2) is 9.97 Å². The molecule has 1 amide bonds. The van der Waals surface area contributed by atoms with Crippen molar-refractivity contribution in [3.63, 3.8) is 0 Å². The summed E-state index contributed by atoms with van der Waals surface area (Å²) in [6.45, 7) is 0.737. The van der Waals surface area contributed by atoms with Crippen molar-refractivity contribution in [1.29, 1.82) is 0 Å². The van der Waals surface area contributed by atoms with Crippen molar-refractivity contribution >= 4 is 28.8 Å². The molecule has 1 N–H and O–H groups in total. The van der Waals surface area contributed by atoms with Crippen LogP contribution in [-0.2, 0) is 13.0 Å². The van der Waals surface area contributed by atoms with E-state index in [0.717, 1.165) is 17.1 Å². The predicted molar refractivity (Wildman–Crippen MR) is 109 cm³/mol. The van der Waals surface area contributed by atoms with E-state index in [1.807, 2.05) is 12.3 Å². The topological polar surface area (TPSA) is 64.1 Å². The maximum atomic E-state index is 12.6. The molecule has 0 fully saturated rings. The highest BCUT2D eigenvalue weighted by Crippen LogP contribution is 2.31. The Bertz CT molecular complexity index is 1020. The van der Waals surface area contributed by atoms with E-state index >= 15 is 0 Å². The highest BCUT2D eigenvalue weighted by molar-refractivity contribution is 7.09. The van der Waals surface area contributed by atoms with Crippen LogP contribution in [0.2, 0.25) is 5.02 Å². The molecule has 2 aromatic heterocycles. The minimum Gasteiger partial charge on any atom is -0.468 e. The van der Waals surface area contributed by atoms with E-state index in [1.54, 1.807) is 24.3 Å². The fourth-order valence-corrected chi connectivity index (χ4v) is 3.41. The lowest BCUT2D eigenvalue weighted by atomic mass is 10.0. The number of hydrogen-bond donors (Lipinski definition) is 1. The molecule has 2 heterocycles. The molecule has 0 saturated carbocycles. The smallest absolute Gasteiger partial charge is 0.422 e. The molecule has 0 radical (unpaired) electrons. The average Bonchev–Trinajstić information content (AvgIpc) is 3.18. The molecule has 5 nitrogen and oxygen atoms in total. The number of aryl methyl sites for hydroxylation is 1. The number of carbonyl (C=O) groups is 1. The Morgan fingerprint density at radius 3 is 2.63 bits per heavy atom. The van der Waals surface area contributed by atoms with E-state index in [9.17, 15) is 18.0 Å². The molecule has 30 heavy (non-hydrogen) atoms. The predicted octanol–water partition coefficient (Wildman–Crippen LogP) is 5.29. The van der Waals surface area contributed by atoms with Crippen molar-refractivity contribution < 1.29 is 22.7 Å². The van der Waals surface area contributed by atoms with E-state index in [0.29, 0.717) is 10.6 Å². The summed E-state index contributed by atoms with van der Waals surface area (Å²) in [5.74, 6) is -0.649. The van der Waals surface area contributed by atoms with Gasteiger partial charge in [-0.05, 0) is 30.2 Å². The number of alkyl halides is 3. The molecule has 0 spiro atoms. The summed E-state index contributed by atoms with van der Waals surface area (Å²) in [6.07, 6.45) is -2.52. The standard InChI is InChI=1S/C20H17ClF3N3O2S/c1-2-17-27-15(10-30-17)9-25-18(28)13-7-16(12-3-5-14(21)6-4-12)19(26-8-13)29-11-20(22,23)24/h3-8,10H,2,9,11H2,1H3,(H,25,28). The van der Waals surface area contributed by atoms with Crippen LogP contribution in [0.5, 0.6) is 5.88 Å². The monoisotopic (exact) mass is 455 g/mol. The number of halogens is 4. The number of aromatic nitrogens is 2. The van der Waals surface area contributed by atoms with Crippen molar-refractivity contribution in [3.05, 3.63) is 63.2 Å². The van der Waals surface area contributed by atoms with Gasteiger partial charge in [0.1, 0.15) is 0 Å². The first kappa shape index (κ1) is 22.0. The number of nitrogens with one attached hydrogen (secondary N) is 1. The quantitative estimate of drug-likeness (QED) is 0.525. The van der Waals surface area contributed by atoms with Crippen LogP contribution in [0, 0.1) is 0 Å². The Kier molecular flexibility index (Phi) is 6.94. The number of ether oxygens (including phenoxy) is 1. The van der Waals surface area contributed by atoms with E-state index in [-0.39, 0.29) is 23.6 Å². The van der Waals surface area contributed by atoms with Crippen molar-refractivity contribution in [3.8, 4) is 17.0 Å². The minimum atomic E-state index is -4.51. The Morgan fingerprint density at radius 1 is 1.27 bits per heavy atom. The molecule has 158 valence electrons. The Hall–Kier alpha value is -2.65. The SMILES string of the molecule is CCc1nc(CNC(=O)c2cnc(OCC(F)(F)F)c(-c3ccc(Cl)cc3)c2)cs1. The second-order valence-electron chi connectivity index (χ2n) is 6.26. The van der Waals surface area contributed by atoms with Crippen LogP contribution < -0.4 is 10.1 Å². The fourth-order valence-electron chi connectivity index (χ4n) is 2.54. The van der Waals surface area contributed by atoms with Crippen molar-refractivity contribution in [2.24, 2.45) is 0 Å². The van der Waals surface area contributed by atoms with Crippen LogP contribution >= 0.6 is 22.9 Å². The summed E-state index contributed by atoms with van der Waals surface area (Å²) in [5, 5.41) is 6.04. The van der Waals surface area contributed by atoms with Crippen LogP contribution in [0.4, 0.5) is 13.2 Å². The van der Waals surface area contributed by atoms with Gasteiger partial charge in [-0.1, -0.05) is 30.7 Å². The fraction of sp³-hybridized carbons (Fsp3) is 0.250. The van der Waals surface area contributed by atoms with Crippen LogP contribution in [0.3, 0.4) is 0 Å². The molecule has 0 unspecified atom stereocenters. The second-order valence-corrected chi connectivity index (χ2v) is 7.64. The summed E-state index contributed by atoms with van der Waals surface area (Å²) in [5.41, 5.74) is 1.70. The van der Waals surface area contributed by atoms with Gasteiger partial charge in [-0.2, -0.15) is 13.2 Å². The van der Waals surface area contributed by atoms with Crippen LogP contribution in [0.25, 0.3) is 11.1 Å². The molecule has 0 aliphatic rings. The number of thiazole rings is 1. The van der Waals surface area contributed by atoms with Gasteiger partial charge in [0.15, 0.2) is 6.61 Å². The third-order valence-corrected chi connectivity index (χ3v) is 5.27. The average molecular weight is 456 g/mol. The van der Waals surface area contributed by atoms with Crippen LogP contribution in [-0.4, -0.2) is 28.7 Å². The van der Waals surface area contributed by atoms with Gasteiger partial charge in [0, 0.05) is 22.2 Å². The molecule has 0 aliphatic carbocycles. The lowest BCUT2D eigenvalue weighted by Crippen LogP contribution is -2.23. The lowest BCUT2D eigenvalue weighted by molar-refractivity contribution is -0.154. The van der Waals surface area contributed by atoms with Crippen LogP contribution in [0.1, 0.15) is 28.0 Å². The summed E-state index contributed by atoms with van der Waals surface area (Å²) in [7, 11) is 0. The minimum absolute atomic E-state index is 0.185. The second kappa shape index (κ2) is 9.44. The molecule has 1 aromatic carbocycles. The van der Waals surface area contributed by atoms with E-state index in [1.165, 1.54) is 23.6 Å². The van der Waals surface area contributed by atoms with Crippen LogP contribution in [0.15, 0.2) is 41.9 Å². The Balaban J connectivity index is 1.83. The first-order chi connectivity index (χ1) is 14.2. The maximum absolute atomic E-state index is 12.6. The first-order valence-corrected chi connectivity index (χ1v) is 10.2. The zero-order valence-electron chi connectivity index (χ0n) is 15.8. The summed E-state index contributed by atoms with van der Waals surface area (Å²) in [6, 6.07) is 7.84. The number of pyridine rings is 1. The van der Waals surface area contributed by atoms with Gasteiger partial charge in [0.25, 0.3) is 5.91 Å². The number of amides is 1. The Morgan fingerprint density at radius 2 is 2.00 bits per heavy atom. The van der Waals surface area contributed by atoms with Gasteiger partial charge in [-0.15, -0.1) is 11.3 Å². The number of nitrogens with zero attached hydrogens (tertiary/aromatic N) is 2. The van der Waals surface area contributed by atoms with E-state index in [4.69, 9.17) is 16.3 Å². The zero-order chi connectivity index (χ0) is 21.7. The third kappa shape index (κ3) is 5.93. The highest BCUT2D eigenvalue weighted by atomic mass is 35.5. The molecule has 3 aromatic rings. The van der Waals surface area contributed by atoms with Gasteiger partial charge in [0.05, 0.1) is 22.8 Å². The molecule has 0 saturated heterocycles. The highest BCUT2D eigenvalue weighted by Gasteiger charge is 2.29. The van der Waals surface area contributed by atoms with E-state index in [2.05, 4.69) is 15.3 Å². The molecule has 0 aliphatic heterocycles. The number of carbonyl (C=O) groups excluding carboxylic acids is 1. The van der Waals surface area contributed by atoms with E-state index < -0.39 is 18.7 Å². The summed E-state index contributed by atoms with van der Waals surface area (Å²) in [4.78, 5) is 20.9. The van der Waals surface area contributed by atoms with Crippen molar-refractivity contribution in [2.75, 3.05) is 6.61 Å². The molecular weight excluding hydrogens is 439 g/mol. The lowest BCUT2D eigenvalue weighted by Gasteiger charge is -2.14. The molecular formula is C20H17ClF3N3O2S. The van der Waals surface area contributed by atoms with Gasteiger partial charge < -0.3 is 10.1 Å². The maximum Gasteiger partial charge on any atom is 0.422 e. The number of benzene rings is 1. The van der Waals surface area contributed by atoms with Gasteiger partial charge >= 0.3 is 6.18 Å². The summed E-state index contributed by atoms with van der Waals surface area (Å²) >= 11 is 7.40. The molecule has 10 heteroatoms. The van der Waals surface area contributed by atoms with Gasteiger partial charge in [-0.3, -0.25) is 4.79 Å². The normalized spacial score (nSPS) is 11.4. The molecule has 0 atom stereocenters. The third-order valence-electron chi connectivity index (χ3n) is 3.97. The zero-order valence-corrected chi connectivity index (χ0v) is 17.4. The molecule has 3 rings (SSSR count). The van der Waals surface area contributed by atoms with Crippen molar-refractivity contribution in [1.82, 2.24) is 15.3 Å². The summed E-state index contributed by atoms with van der Waals surface area (Å²) < 4.78 is 42.6. The van der Waals surface area contributed by atoms with Gasteiger partial charge in [0.2, 0.25) is 5.88 Å². The largest absolute Gasteiger partial charge is 0.468 e. The van der Waals surface area contributed by atoms with Crippen molar-refractivity contribution in [2.45, 2.75) is 26.1 Å². The molecule has 0 bridgehead atoms. The number of hydrogen-bond acceptors (Lipinski definition) is 5. The number of rotatable bonds is 7. The Labute approximate surface area is 179 Å². The first-order valence-electron chi connectivity index (χ1n) is 8.92.